The quantitative estimate of drug-likeness (QED) is 0.803. The standard InChI is InChI=1S/C17H18O5/c1-10(13-4-5-14(21-13)11(2)18)15-9-20-17(3)7-6-12(19)8-16(17)22-15/h4-7,15-16H,1,8-9H2,2-3H3/t15-,16-,17+/m1/s1. The van der Waals surface area contributed by atoms with Crippen molar-refractivity contribution < 1.29 is 23.5 Å². The Balaban J connectivity index is 1.76. The first-order valence-corrected chi connectivity index (χ1v) is 7.20. The van der Waals surface area contributed by atoms with Crippen molar-refractivity contribution in [3.63, 3.8) is 0 Å². The van der Waals surface area contributed by atoms with E-state index in [9.17, 15) is 9.59 Å². The first-order valence-electron chi connectivity index (χ1n) is 7.20. The molecule has 1 aliphatic carbocycles. The second kappa shape index (κ2) is 5.34. The molecule has 0 saturated carbocycles. The van der Waals surface area contributed by atoms with Crippen molar-refractivity contribution in [2.24, 2.45) is 0 Å². The molecular weight excluding hydrogens is 284 g/mol. The van der Waals surface area contributed by atoms with Crippen molar-refractivity contribution in [3.8, 4) is 0 Å². The van der Waals surface area contributed by atoms with Gasteiger partial charge >= 0.3 is 0 Å². The van der Waals surface area contributed by atoms with Crippen LogP contribution < -0.4 is 0 Å². The predicted molar refractivity (Wildman–Crippen MR) is 79.5 cm³/mol. The molecular formula is C17H18O5. The van der Waals surface area contributed by atoms with Crippen molar-refractivity contribution >= 4 is 17.1 Å². The molecule has 116 valence electrons. The summed E-state index contributed by atoms with van der Waals surface area (Å²) in [4.78, 5) is 22.9. The molecule has 3 rings (SSSR count). The lowest BCUT2D eigenvalue weighted by Crippen LogP contribution is -2.53. The molecule has 0 unspecified atom stereocenters. The molecule has 1 saturated heterocycles. The van der Waals surface area contributed by atoms with Crippen molar-refractivity contribution in [1.82, 2.24) is 0 Å². The summed E-state index contributed by atoms with van der Waals surface area (Å²) in [7, 11) is 0. The second-order valence-electron chi connectivity index (χ2n) is 5.86. The van der Waals surface area contributed by atoms with Gasteiger partial charge in [0.15, 0.2) is 17.3 Å². The Morgan fingerprint density at radius 2 is 2.09 bits per heavy atom. The van der Waals surface area contributed by atoms with Crippen LogP contribution >= 0.6 is 0 Å². The van der Waals surface area contributed by atoms with Crippen LogP contribution in [0.5, 0.6) is 0 Å². The summed E-state index contributed by atoms with van der Waals surface area (Å²) in [6, 6.07) is 3.31. The predicted octanol–water partition coefficient (Wildman–Crippen LogP) is 2.57. The van der Waals surface area contributed by atoms with Crippen molar-refractivity contribution in [3.05, 3.63) is 42.4 Å². The average Bonchev–Trinajstić information content (AvgIpc) is 2.97. The molecule has 0 aromatic carbocycles. The molecule has 2 aliphatic rings. The average molecular weight is 302 g/mol. The van der Waals surface area contributed by atoms with E-state index in [4.69, 9.17) is 13.9 Å². The lowest BCUT2D eigenvalue weighted by Gasteiger charge is -2.44. The van der Waals surface area contributed by atoms with Crippen LogP contribution in [0.4, 0.5) is 0 Å². The molecule has 1 aromatic heterocycles. The van der Waals surface area contributed by atoms with Gasteiger partial charge in [-0.2, -0.15) is 0 Å². The minimum Gasteiger partial charge on any atom is -0.453 e. The summed E-state index contributed by atoms with van der Waals surface area (Å²) in [5, 5.41) is 0. The normalized spacial score (nSPS) is 30.9. The molecule has 1 aliphatic heterocycles. The number of carbonyl (C=O) groups excluding carboxylic acids is 2. The summed E-state index contributed by atoms with van der Waals surface area (Å²) in [6.45, 7) is 7.65. The molecule has 3 atom stereocenters. The van der Waals surface area contributed by atoms with Gasteiger partial charge in [0, 0.05) is 18.9 Å². The third-order valence-corrected chi connectivity index (χ3v) is 4.16. The topological polar surface area (TPSA) is 65.7 Å². The fourth-order valence-electron chi connectivity index (χ4n) is 2.68. The maximum absolute atomic E-state index is 11.6. The Hall–Kier alpha value is -1.98. The molecule has 22 heavy (non-hydrogen) atoms. The number of fused-ring (bicyclic) bond motifs is 1. The van der Waals surface area contributed by atoms with Gasteiger partial charge in [0.2, 0.25) is 0 Å². The van der Waals surface area contributed by atoms with E-state index in [1.54, 1.807) is 24.3 Å². The first-order chi connectivity index (χ1) is 10.4. The van der Waals surface area contributed by atoms with Crippen LogP contribution in [-0.4, -0.2) is 36.0 Å². The summed E-state index contributed by atoms with van der Waals surface area (Å²) in [5.41, 5.74) is 0.0230. The van der Waals surface area contributed by atoms with Gasteiger partial charge in [-0.3, -0.25) is 9.59 Å². The number of furan rings is 1. The molecule has 0 spiro atoms. The van der Waals surface area contributed by atoms with Gasteiger partial charge in [-0.1, -0.05) is 6.58 Å². The third kappa shape index (κ3) is 2.58. The fraction of sp³-hybridized carbons (Fsp3) is 0.412. The van der Waals surface area contributed by atoms with Crippen molar-refractivity contribution in [1.29, 1.82) is 0 Å². The van der Waals surface area contributed by atoms with E-state index in [0.29, 0.717) is 17.9 Å². The highest BCUT2D eigenvalue weighted by Gasteiger charge is 2.44. The molecule has 0 bridgehead atoms. The summed E-state index contributed by atoms with van der Waals surface area (Å²) < 4.78 is 17.4. The van der Waals surface area contributed by atoms with E-state index in [-0.39, 0.29) is 29.9 Å². The molecule has 0 N–H and O–H groups in total. The van der Waals surface area contributed by atoms with Crippen LogP contribution in [0, 0.1) is 0 Å². The Morgan fingerprint density at radius 1 is 1.36 bits per heavy atom. The molecule has 1 fully saturated rings. The molecule has 5 nitrogen and oxygen atoms in total. The Labute approximate surface area is 128 Å². The number of ketones is 2. The number of ether oxygens (including phenoxy) is 2. The number of Topliss-reactive ketones (excluding diaryl/α,β-unsaturated/α-hetero) is 1. The second-order valence-corrected chi connectivity index (χ2v) is 5.86. The van der Waals surface area contributed by atoms with Crippen LogP contribution in [0.25, 0.3) is 5.57 Å². The molecule has 1 aromatic rings. The fourth-order valence-corrected chi connectivity index (χ4v) is 2.68. The number of rotatable bonds is 3. The van der Waals surface area contributed by atoms with Gasteiger partial charge in [0.1, 0.15) is 17.5 Å². The largest absolute Gasteiger partial charge is 0.453 e. The number of hydrogen-bond donors (Lipinski definition) is 0. The molecule has 0 radical (unpaired) electrons. The lowest BCUT2D eigenvalue weighted by molar-refractivity contribution is -0.196. The maximum Gasteiger partial charge on any atom is 0.194 e. The number of allylic oxidation sites excluding steroid dienone is 1. The van der Waals surface area contributed by atoms with E-state index >= 15 is 0 Å². The first kappa shape index (κ1) is 14.9. The highest BCUT2D eigenvalue weighted by molar-refractivity contribution is 5.92. The Bertz CT molecular complexity index is 668. The van der Waals surface area contributed by atoms with E-state index in [1.807, 2.05) is 6.92 Å². The Kier molecular flexibility index (Phi) is 3.62. The highest BCUT2D eigenvalue weighted by Crippen LogP contribution is 2.36. The maximum atomic E-state index is 11.6. The van der Waals surface area contributed by atoms with E-state index < -0.39 is 11.7 Å². The van der Waals surface area contributed by atoms with Gasteiger partial charge < -0.3 is 13.9 Å². The molecule has 0 amide bonds. The minimum atomic E-state index is -0.585. The molecule has 2 heterocycles. The van der Waals surface area contributed by atoms with Crippen molar-refractivity contribution in [2.75, 3.05) is 6.61 Å². The summed E-state index contributed by atoms with van der Waals surface area (Å²) >= 11 is 0. The monoisotopic (exact) mass is 302 g/mol. The number of carbonyl (C=O) groups is 2. The lowest BCUT2D eigenvalue weighted by atomic mass is 9.87. The van der Waals surface area contributed by atoms with Gasteiger partial charge in [-0.05, 0) is 31.2 Å². The van der Waals surface area contributed by atoms with E-state index in [2.05, 4.69) is 6.58 Å². The van der Waals surface area contributed by atoms with Gasteiger partial charge in [0.05, 0.1) is 12.7 Å². The minimum absolute atomic E-state index is 0.0224. The summed E-state index contributed by atoms with van der Waals surface area (Å²) in [5.74, 6) is 0.665. The van der Waals surface area contributed by atoms with Gasteiger partial charge in [-0.25, -0.2) is 0 Å². The molecule has 5 heteroatoms. The number of hydrogen-bond acceptors (Lipinski definition) is 5. The zero-order valence-corrected chi connectivity index (χ0v) is 12.6. The Morgan fingerprint density at radius 3 is 2.77 bits per heavy atom. The zero-order chi connectivity index (χ0) is 15.9. The van der Waals surface area contributed by atoms with E-state index in [1.165, 1.54) is 6.92 Å². The third-order valence-electron chi connectivity index (χ3n) is 4.16. The van der Waals surface area contributed by atoms with Gasteiger partial charge in [-0.15, -0.1) is 0 Å². The smallest absolute Gasteiger partial charge is 0.194 e. The van der Waals surface area contributed by atoms with E-state index in [0.717, 1.165) is 0 Å². The summed E-state index contributed by atoms with van der Waals surface area (Å²) in [6.07, 6.45) is 2.84. The SMILES string of the molecule is C=C(c1ccc(C(C)=O)o1)[C@H]1CO[C@@]2(C)C=CC(=O)C[C@H]2O1. The zero-order valence-electron chi connectivity index (χ0n) is 12.6. The van der Waals surface area contributed by atoms with Gasteiger partial charge in [0.25, 0.3) is 0 Å². The van der Waals surface area contributed by atoms with Crippen LogP contribution in [0.1, 0.15) is 36.6 Å². The van der Waals surface area contributed by atoms with Crippen LogP contribution in [-0.2, 0) is 14.3 Å². The van der Waals surface area contributed by atoms with Crippen LogP contribution in [0.15, 0.2) is 35.3 Å². The van der Waals surface area contributed by atoms with Crippen molar-refractivity contribution in [2.45, 2.75) is 38.1 Å². The van der Waals surface area contributed by atoms with Crippen LogP contribution in [0.3, 0.4) is 0 Å². The van der Waals surface area contributed by atoms with Crippen LogP contribution in [0.2, 0.25) is 0 Å². The highest BCUT2D eigenvalue weighted by atomic mass is 16.6.